The minimum atomic E-state index is -2.21. The zero-order valence-corrected chi connectivity index (χ0v) is 23.7. The van der Waals surface area contributed by atoms with Gasteiger partial charge < -0.3 is 105 Å². The van der Waals surface area contributed by atoms with E-state index in [0.717, 1.165) is 0 Å². The fourth-order valence-corrected chi connectivity index (χ4v) is 5.51. The van der Waals surface area contributed by atoms with Crippen molar-refractivity contribution in [3.8, 4) is 0 Å². The summed E-state index contributed by atoms with van der Waals surface area (Å²) in [5.74, 6) is -1.81. The first-order valence-corrected chi connectivity index (χ1v) is 14.1. The molecule has 22 heteroatoms. The topological polar surface area (TPSA) is 365 Å². The van der Waals surface area contributed by atoms with Gasteiger partial charge in [0, 0.05) is 0 Å². The molecule has 20 atom stereocenters. The number of ether oxygens (including phenoxy) is 7. The van der Waals surface area contributed by atoms with Crippen LogP contribution in [-0.2, 0) is 38.0 Å². The Hall–Kier alpha value is -1.33. The third-order valence-electron chi connectivity index (χ3n) is 8.17. The molecular formula is C24H40O22. The highest BCUT2D eigenvalue weighted by Gasteiger charge is 2.56. The van der Waals surface area contributed by atoms with Crippen LogP contribution >= 0.6 is 0 Å². The van der Waals surface area contributed by atoms with Crippen molar-refractivity contribution < 1.29 is 109 Å². The summed E-state index contributed by atoms with van der Waals surface area (Å²) in [6.45, 7) is -2.65. The molecule has 0 aromatic rings. The SMILES string of the molecule is O=C(O)C1O[C@@H](O[C@@H]2C(CO)O[C@@H](O)C(O)C2O)C(O)C(O)[C@@H]1O[C@H]1OC(CO)[C@H](O[C@H]2OC(CO)[C@@H](O)C(O)C2O)[C@H](O)C1O. The molecule has 0 aliphatic carbocycles. The number of hydrogen-bond acceptors (Lipinski definition) is 21. The van der Waals surface area contributed by atoms with Crippen LogP contribution in [0, 0.1) is 0 Å². The molecule has 22 nitrogen and oxygen atoms in total. The molecule has 0 aromatic carbocycles. The third kappa shape index (κ3) is 7.31. The van der Waals surface area contributed by atoms with Crippen molar-refractivity contribution in [1.82, 2.24) is 0 Å². The Morgan fingerprint density at radius 1 is 0.457 bits per heavy atom. The standard InChI is InChI=1S/C24H40O22/c25-1-4-7(28)8(29)13(34)22(41-4)43-17-6(3-27)42-23(14(35)10(17)31)45-18-11(32)15(36)24(46-19(18)20(37)38)44-16-5(2-26)40-21(39)12(33)9(16)30/h4-19,21-36,39H,1-3H2,(H,37,38)/t4?,5?,6?,7-,8?,9?,10-,11?,12?,13?,14?,15?,16-,17+,18+,19?,21-,22-,23-,24-/m1/s1. The Morgan fingerprint density at radius 3 is 1.35 bits per heavy atom. The lowest BCUT2D eigenvalue weighted by Gasteiger charge is -2.48. The summed E-state index contributed by atoms with van der Waals surface area (Å²) in [5.41, 5.74) is 0. The van der Waals surface area contributed by atoms with Gasteiger partial charge in [-0.1, -0.05) is 0 Å². The Morgan fingerprint density at radius 2 is 0.848 bits per heavy atom. The number of aliphatic carboxylic acids is 1. The van der Waals surface area contributed by atoms with Crippen LogP contribution in [0.1, 0.15) is 0 Å². The molecule has 0 amide bonds. The number of rotatable bonds is 10. The average molecular weight is 681 g/mol. The highest BCUT2D eigenvalue weighted by Crippen LogP contribution is 2.34. The van der Waals surface area contributed by atoms with E-state index in [-0.39, 0.29) is 0 Å². The zero-order chi connectivity index (χ0) is 34.2. The molecular weight excluding hydrogens is 640 g/mol. The maximum absolute atomic E-state index is 12.1. The molecule has 0 aromatic heterocycles. The first-order chi connectivity index (χ1) is 21.7. The van der Waals surface area contributed by atoms with Gasteiger partial charge in [0.15, 0.2) is 31.3 Å². The molecule has 14 N–H and O–H groups in total. The van der Waals surface area contributed by atoms with Gasteiger partial charge in [-0.2, -0.15) is 0 Å². The van der Waals surface area contributed by atoms with Crippen molar-refractivity contribution in [2.45, 2.75) is 123 Å². The van der Waals surface area contributed by atoms with E-state index in [9.17, 15) is 76.3 Å². The van der Waals surface area contributed by atoms with Crippen molar-refractivity contribution in [2.24, 2.45) is 0 Å². The van der Waals surface area contributed by atoms with Gasteiger partial charge in [0.2, 0.25) is 0 Å². The van der Waals surface area contributed by atoms with E-state index in [1.54, 1.807) is 0 Å². The number of carbonyl (C=O) groups is 1. The lowest BCUT2D eigenvalue weighted by molar-refractivity contribution is -0.384. The van der Waals surface area contributed by atoms with Crippen LogP contribution in [0.4, 0.5) is 0 Å². The van der Waals surface area contributed by atoms with Crippen LogP contribution in [-0.4, -0.2) is 220 Å². The Labute approximate surface area is 258 Å². The van der Waals surface area contributed by atoms with Crippen molar-refractivity contribution in [1.29, 1.82) is 0 Å². The molecule has 46 heavy (non-hydrogen) atoms. The first kappa shape index (κ1) is 37.5. The number of aliphatic hydroxyl groups excluding tert-OH is 13. The first-order valence-electron chi connectivity index (χ1n) is 14.1. The summed E-state index contributed by atoms with van der Waals surface area (Å²) in [5, 5.41) is 142. The van der Waals surface area contributed by atoms with Crippen LogP contribution in [0.3, 0.4) is 0 Å². The van der Waals surface area contributed by atoms with Crippen LogP contribution < -0.4 is 0 Å². The predicted molar refractivity (Wildman–Crippen MR) is 134 cm³/mol. The van der Waals surface area contributed by atoms with E-state index < -0.39 is 149 Å². The molecule has 11 unspecified atom stereocenters. The molecule has 0 spiro atoms. The summed E-state index contributed by atoms with van der Waals surface area (Å²) >= 11 is 0. The molecule has 0 radical (unpaired) electrons. The number of hydrogen-bond donors (Lipinski definition) is 14. The van der Waals surface area contributed by atoms with Gasteiger partial charge >= 0.3 is 5.97 Å². The highest BCUT2D eigenvalue weighted by atomic mass is 16.8. The van der Waals surface area contributed by atoms with E-state index in [4.69, 9.17) is 33.2 Å². The highest BCUT2D eigenvalue weighted by molar-refractivity contribution is 5.73. The van der Waals surface area contributed by atoms with Crippen LogP contribution in [0.5, 0.6) is 0 Å². The monoisotopic (exact) mass is 680 g/mol. The fraction of sp³-hybridized carbons (Fsp3) is 0.958. The predicted octanol–water partition coefficient (Wildman–Crippen LogP) is -9.66. The lowest BCUT2D eigenvalue weighted by Crippen LogP contribution is -2.68. The molecule has 0 bridgehead atoms. The summed E-state index contributed by atoms with van der Waals surface area (Å²) < 4.78 is 37.0. The minimum Gasteiger partial charge on any atom is -0.479 e. The van der Waals surface area contributed by atoms with Gasteiger partial charge in [0.1, 0.15) is 91.6 Å². The van der Waals surface area contributed by atoms with E-state index in [0.29, 0.717) is 0 Å². The van der Waals surface area contributed by atoms with Crippen LogP contribution in [0.25, 0.3) is 0 Å². The smallest absolute Gasteiger partial charge is 0.335 e. The van der Waals surface area contributed by atoms with Crippen molar-refractivity contribution in [3.05, 3.63) is 0 Å². The van der Waals surface area contributed by atoms with Crippen molar-refractivity contribution in [2.75, 3.05) is 19.8 Å². The summed E-state index contributed by atoms with van der Waals surface area (Å²) in [6.07, 6.45) is -38.1. The largest absolute Gasteiger partial charge is 0.479 e. The molecule has 4 heterocycles. The quantitative estimate of drug-likeness (QED) is 0.102. The second kappa shape index (κ2) is 15.5. The normalized spacial score (nSPS) is 51.9. The zero-order valence-electron chi connectivity index (χ0n) is 23.7. The van der Waals surface area contributed by atoms with Crippen molar-refractivity contribution >= 4 is 5.97 Å². The fourth-order valence-electron chi connectivity index (χ4n) is 5.51. The van der Waals surface area contributed by atoms with Gasteiger partial charge in [-0.25, -0.2) is 4.79 Å². The molecule has 4 rings (SSSR count). The van der Waals surface area contributed by atoms with Gasteiger partial charge in [-0.05, 0) is 0 Å². The maximum atomic E-state index is 12.1. The Bertz CT molecular complexity index is 986. The van der Waals surface area contributed by atoms with Gasteiger partial charge in [0.05, 0.1) is 19.8 Å². The van der Waals surface area contributed by atoms with Gasteiger partial charge in [-0.15, -0.1) is 0 Å². The van der Waals surface area contributed by atoms with E-state index in [1.165, 1.54) is 0 Å². The lowest BCUT2D eigenvalue weighted by atomic mass is 9.95. The summed E-state index contributed by atoms with van der Waals surface area (Å²) in [7, 11) is 0. The second-order valence-electron chi connectivity index (χ2n) is 11.2. The molecule has 0 saturated carbocycles. The Balaban J connectivity index is 1.46. The second-order valence-corrected chi connectivity index (χ2v) is 11.2. The minimum absolute atomic E-state index is 0.813. The molecule has 4 fully saturated rings. The van der Waals surface area contributed by atoms with Crippen LogP contribution in [0.15, 0.2) is 0 Å². The van der Waals surface area contributed by atoms with Crippen LogP contribution in [0.2, 0.25) is 0 Å². The molecule has 4 saturated heterocycles. The van der Waals surface area contributed by atoms with E-state index in [2.05, 4.69) is 0 Å². The maximum Gasteiger partial charge on any atom is 0.335 e. The van der Waals surface area contributed by atoms with E-state index >= 15 is 0 Å². The number of aliphatic hydroxyl groups is 13. The van der Waals surface area contributed by atoms with Gasteiger partial charge in [0.25, 0.3) is 0 Å². The molecule has 4 aliphatic rings. The molecule has 4 aliphatic heterocycles. The summed E-state index contributed by atoms with van der Waals surface area (Å²) in [6, 6.07) is 0. The van der Waals surface area contributed by atoms with Crippen molar-refractivity contribution in [3.63, 3.8) is 0 Å². The third-order valence-corrected chi connectivity index (χ3v) is 8.17. The average Bonchev–Trinajstić information content (AvgIpc) is 3.03. The Kier molecular flexibility index (Phi) is 12.6. The summed E-state index contributed by atoms with van der Waals surface area (Å²) in [4.78, 5) is 12.1. The number of carboxylic acid groups (broad SMARTS) is 1. The van der Waals surface area contributed by atoms with Gasteiger partial charge in [-0.3, -0.25) is 0 Å². The molecule has 268 valence electrons. The number of carboxylic acids is 1. The van der Waals surface area contributed by atoms with E-state index in [1.807, 2.05) is 0 Å².